The molecule has 0 aromatic heterocycles. The Balaban J connectivity index is 0.000000433. The highest BCUT2D eigenvalue weighted by Gasteiger charge is 2.22. The van der Waals surface area contributed by atoms with E-state index in [2.05, 4.69) is 161 Å². The third-order valence-corrected chi connectivity index (χ3v) is 23.0. The van der Waals surface area contributed by atoms with E-state index in [9.17, 15) is 28.8 Å². The molecule has 0 saturated carbocycles. The largest absolute Gasteiger partial charge is 0.469 e. The predicted molar refractivity (Wildman–Crippen MR) is 550 cm³/mol. The van der Waals surface area contributed by atoms with E-state index in [4.69, 9.17) is 85.3 Å². The Bertz CT molecular complexity index is 4500. The molecule has 0 fully saturated rings. The lowest BCUT2D eigenvalue weighted by Crippen LogP contribution is -2.25. The van der Waals surface area contributed by atoms with Gasteiger partial charge in [-0.2, -0.15) is 0 Å². The summed E-state index contributed by atoms with van der Waals surface area (Å²) in [6, 6.07) is 67.2. The zero-order valence-corrected chi connectivity index (χ0v) is 88.0. The molecule has 13 atom stereocenters. The normalized spacial score (nSPS) is 13.5. The number of carbonyl (C=O) groups excluding carboxylic acids is 6. The average Bonchev–Trinajstić information content (AvgIpc) is 0.903. The first-order valence-corrected chi connectivity index (χ1v) is 50.0. The highest BCUT2D eigenvalue weighted by molar-refractivity contribution is 5.89. The second-order valence-corrected chi connectivity index (χ2v) is 34.1. The van der Waals surface area contributed by atoms with Crippen LogP contribution in [0.3, 0.4) is 0 Å². The first kappa shape index (κ1) is 123. The quantitative estimate of drug-likeness (QED) is 0.0148. The number of hydrogen-bond donors (Lipinski definition) is 0. The molecule has 0 spiro atoms. The van der Waals surface area contributed by atoms with Crippen molar-refractivity contribution in [2.24, 2.45) is 5.92 Å². The van der Waals surface area contributed by atoms with Crippen LogP contribution >= 0.6 is 0 Å². The number of hydrogen-bond acceptors (Lipinski definition) is 25. The van der Waals surface area contributed by atoms with Gasteiger partial charge in [0.25, 0.3) is 0 Å². The fourth-order valence-corrected chi connectivity index (χ4v) is 13.1. The highest BCUT2D eigenvalue weighted by atomic mass is 16.7. The van der Waals surface area contributed by atoms with Crippen LogP contribution in [0.25, 0.3) is 0 Å². The van der Waals surface area contributed by atoms with Gasteiger partial charge in [0.05, 0.1) is 85.0 Å². The molecule has 0 aliphatic carbocycles. The van der Waals surface area contributed by atoms with Gasteiger partial charge in [-0.3, -0.25) is 24.0 Å². The Morgan fingerprint density at radius 2 is 0.579 bits per heavy atom. The van der Waals surface area contributed by atoms with Crippen molar-refractivity contribution < 1.29 is 119 Å². The van der Waals surface area contributed by atoms with Gasteiger partial charge in [0, 0.05) is 40.2 Å². The molecule has 0 aliphatic heterocycles. The van der Waals surface area contributed by atoms with E-state index < -0.39 is 12.6 Å². The zero-order chi connectivity index (χ0) is 103. The molecule has 140 heavy (non-hydrogen) atoms. The molecular formula is C115H166O25. The molecule has 0 heterocycles. The van der Waals surface area contributed by atoms with Crippen LogP contribution < -0.4 is 28.4 Å². The van der Waals surface area contributed by atoms with E-state index in [1.807, 2.05) is 151 Å². The van der Waals surface area contributed by atoms with Crippen molar-refractivity contribution in [2.45, 2.75) is 302 Å². The predicted octanol–water partition coefficient (Wildman–Crippen LogP) is 25.8. The van der Waals surface area contributed by atoms with Gasteiger partial charge in [0.15, 0.2) is 37.7 Å². The second kappa shape index (κ2) is 75.0. The number of ether oxygens (including phenoxy) is 19. The van der Waals surface area contributed by atoms with Crippen molar-refractivity contribution in [1.29, 1.82) is 0 Å². The summed E-state index contributed by atoms with van der Waals surface area (Å²) >= 11 is 0. The van der Waals surface area contributed by atoms with Crippen LogP contribution in [0.2, 0.25) is 0 Å². The Morgan fingerprint density at radius 1 is 0.279 bits per heavy atom. The van der Waals surface area contributed by atoms with E-state index in [1.165, 1.54) is 61.4 Å². The number of carbonyl (C=O) groups is 6. The molecule has 0 aliphatic rings. The van der Waals surface area contributed by atoms with Crippen LogP contribution in [0.4, 0.5) is 0 Å². The van der Waals surface area contributed by atoms with Gasteiger partial charge in [-0.25, -0.2) is 4.79 Å². The number of unbranched alkanes of at least 4 members (excludes halogenated alkanes) is 1. The number of methoxy groups -OCH3 is 3. The minimum absolute atomic E-state index is 0.189. The summed E-state index contributed by atoms with van der Waals surface area (Å²) in [5, 5.41) is 0. The molecule has 0 amide bonds. The van der Waals surface area contributed by atoms with Crippen LogP contribution in [-0.2, 0) is 92.0 Å². The molecule has 25 nitrogen and oxygen atoms in total. The van der Waals surface area contributed by atoms with Crippen LogP contribution in [0.15, 0.2) is 206 Å². The third-order valence-electron chi connectivity index (χ3n) is 23.0. The van der Waals surface area contributed by atoms with Gasteiger partial charge in [-0.05, 0) is 251 Å². The number of rotatable bonds is 59. The van der Waals surface area contributed by atoms with E-state index >= 15 is 0 Å². The smallest absolute Gasteiger partial charge is 0.338 e. The van der Waals surface area contributed by atoms with Gasteiger partial charge in [0.1, 0.15) is 54.3 Å². The van der Waals surface area contributed by atoms with Gasteiger partial charge >= 0.3 is 35.8 Å². The molecule has 8 aromatic carbocycles. The van der Waals surface area contributed by atoms with Crippen molar-refractivity contribution in [1.82, 2.24) is 0 Å². The zero-order valence-electron chi connectivity index (χ0n) is 88.0. The van der Waals surface area contributed by atoms with Crippen LogP contribution in [-0.4, -0.2) is 168 Å². The number of benzene rings is 8. The molecule has 776 valence electrons. The summed E-state index contributed by atoms with van der Waals surface area (Å²) in [6.07, 6.45) is 9.56. The third kappa shape index (κ3) is 55.3. The van der Waals surface area contributed by atoms with E-state index in [0.717, 1.165) is 104 Å². The molecule has 8 rings (SSSR count). The van der Waals surface area contributed by atoms with Crippen molar-refractivity contribution >= 4 is 35.8 Å². The Labute approximate surface area is 836 Å². The molecular weight excluding hydrogens is 1780 g/mol. The lowest BCUT2D eigenvalue weighted by molar-refractivity contribution is -0.149. The molecule has 0 radical (unpaired) electrons. The maximum Gasteiger partial charge on any atom is 0.338 e. The summed E-state index contributed by atoms with van der Waals surface area (Å²) in [5.74, 6) is 6.10. The first-order valence-electron chi connectivity index (χ1n) is 50.0. The lowest BCUT2D eigenvalue weighted by Gasteiger charge is -2.18. The summed E-state index contributed by atoms with van der Waals surface area (Å²) in [4.78, 5) is 67.4. The maximum absolute atomic E-state index is 11.8. The van der Waals surface area contributed by atoms with Gasteiger partial charge in [0.2, 0.25) is 0 Å². The Morgan fingerprint density at radius 3 is 0.914 bits per heavy atom. The van der Waals surface area contributed by atoms with E-state index in [-0.39, 0.29) is 99.7 Å². The molecule has 0 N–H and O–H groups in total. The van der Waals surface area contributed by atoms with Crippen molar-refractivity contribution in [2.75, 3.05) is 94.0 Å². The molecule has 0 saturated heterocycles. The molecule has 13 unspecified atom stereocenters. The highest BCUT2D eigenvalue weighted by Crippen LogP contribution is 2.30. The monoisotopic (exact) mass is 1950 g/mol. The minimum atomic E-state index is -0.412. The molecule has 25 heteroatoms. The van der Waals surface area contributed by atoms with Gasteiger partial charge < -0.3 is 90.0 Å². The Hall–Kier alpha value is -10.9. The summed E-state index contributed by atoms with van der Waals surface area (Å²) < 4.78 is 102. The standard InChI is InChI=1S/C22H28O4.C21H26O4.C19H30O5.2C18H28O4.C17H26O4/c1-4-17(2)20-10-12-21(13-11-20)26-18(3)24-14-15-25-22(23)16-19-8-6-5-7-9-19;1-4-16(2)18-10-12-20(13-11-18)25-17(3)23-14-15-24-21(22)19-8-6-5-7-9-19;1-6-14(2)16-7-9-18(10-8-16)24-15(3)23-12-11-17(13-21-4)19(20)22-5;1-5-14(2)17-8-10-18(11-9-17)22-16(4)21-13-7-6-12-20-15(3)19;1-5-14(3)15-9-11-16(12-10-15)22-18(6-2)21-13-7-8-17(19)20-4;1-5-13(3)15-7-9-16(10-8-15)21-17(6-2)20-12-11-19-14(4)18/h5-13,17-18H,4,14-16H2,1-3H3;5-13,16-17H,4,14-15H2,1-3H3;7-10,14-15,17H,6,11-13H2,1-5H3;8-11,14,16H,5-7,12-13H2,1-4H3;9-12,14,18H,5-8,13H2,1-4H3;7-10,13,17H,5-6,11-12H2,1-4H3. The van der Waals surface area contributed by atoms with Crippen LogP contribution in [0.5, 0.6) is 34.5 Å². The SMILES string of the molecule is CCC(C)c1ccc(OC(C)OCCC(COC)C(=O)OC)cc1.CCC(C)c1ccc(OC(C)OCCCCOC(C)=O)cc1.CCC(C)c1ccc(OC(C)OCCOC(=O)Cc2ccccc2)cc1.CCC(C)c1ccc(OC(C)OCCOC(=O)c2ccccc2)cc1.CCC(OCCCC(=O)OC)Oc1ccc(C(C)CC)cc1.CCC(OCCOC(C)=O)Oc1ccc(C(C)CC)cc1. The molecule has 0 bridgehead atoms. The van der Waals surface area contributed by atoms with Crippen LogP contribution in [0.1, 0.15) is 307 Å². The fraction of sp³-hybridized carbons (Fsp3) is 0.530. The van der Waals surface area contributed by atoms with E-state index in [1.54, 1.807) is 31.4 Å². The Kier molecular flexibility index (Phi) is 66.0. The fourth-order valence-electron chi connectivity index (χ4n) is 13.1. The first-order chi connectivity index (χ1) is 67.4. The van der Waals surface area contributed by atoms with Gasteiger partial charge in [-0.1, -0.05) is 218 Å². The van der Waals surface area contributed by atoms with Crippen LogP contribution in [0, 0.1) is 5.92 Å². The topological polar surface area (TPSA) is 278 Å². The lowest BCUT2D eigenvalue weighted by atomic mass is 9.99. The minimum Gasteiger partial charge on any atom is -0.469 e. The van der Waals surface area contributed by atoms with Crippen molar-refractivity contribution in [3.05, 3.63) is 251 Å². The second-order valence-electron chi connectivity index (χ2n) is 34.1. The summed E-state index contributed by atoms with van der Waals surface area (Å²) in [6.45, 7) is 44.3. The van der Waals surface area contributed by atoms with Crippen molar-refractivity contribution in [3.8, 4) is 34.5 Å². The van der Waals surface area contributed by atoms with Crippen molar-refractivity contribution in [3.63, 3.8) is 0 Å². The van der Waals surface area contributed by atoms with E-state index in [0.29, 0.717) is 107 Å². The number of esters is 6. The molecule has 8 aromatic rings. The summed E-state index contributed by atoms with van der Waals surface area (Å²) in [7, 11) is 4.33. The summed E-state index contributed by atoms with van der Waals surface area (Å²) in [5.41, 5.74) is 9.35. The average molecular weight is 1950 g/mol. The maximum atomic E-state index is 11.8. The van der Waals surface area contributed by atoms with Gasteiger partial charge in [-0.15, -0.1) is 0 Å².